The van der Waals surface area contributed by atoms with Crippen LogP contribution >= 0.6 is 0 Å². The molecule has 0 spiro atoms. The molecule has 0 radical (unpaired) electrons. The van der Waals surface area contributed by atoms with Gasteiger partial charge < -0.3 is 9.64 Å². The molecule has 0 aromatic heterocycles. The summed E-state index contributed by atoms with van der Waals surface area (Å²) in [5.74, 6) is -0.354. The van der Waals surface area contributed by atoms with Crippen molar-refractivity contribution in [2.75, 3.05) is 6.61 Å². The normalized spacial score (nSPS) is 13.1. The summed E-state index contributed by atoms with van der Waals surface area (Å²) in [4.78, 5) is 12.4. The summed E-state index contributed by atoms with van der Waals surface area (Å²) in [7, 11) is 0. The van der Waals surface area contributed by atoms with Gasteiger partial charge in [0.2, 0.25) is 0 Å². The van der Waals surface area contributed by atoms with Gasteiger partial charge in [-0.05, 0) is 6.92 Å². The molecule has 0 aromatic carbocycles. The molecule has 0 atom stereocenters. The van der Waals surface area contributed by atoms with Crippen LogP contribution in [-0.4, -0.2) is 17.5 Å². The second-order valence-electron chi connectivity index (χ2n) is 1.87. The first-order valence-electron chi connectivity index (χ1n) is 3.08. The zero-order valence-electron chi connectivity index (χ0n) is 5.83. The maximum Gasteiger partial charge on any atom is 0.354 e. The molecular formula is C7H9NO2. The fraction of sp³-hybridized carbons (Fsp3) is 0.286. The SMILES string of the molecule is C=C(C(=O)OCC)N1C=C1. The number of carbonyl (C=O) groups excluding carboxylic acids is 1. The number of carbonyl (C=O) groups is 1. The van der Waals surface area contributed by atoms with Crippen LogP contribution in [0, 0.1) is 0 Å². The Labute approximate surface area is 59.6 Å². The van der Waals surface area contributed by atoms with Crippen molar-refractivity contribution in [2.45, 2.75) is 6.92 Å². The van der Waals surface area contributed by atoms with Crippen molar-refractivity contribution < 1.29 is 9.53 Å². The Morgan fingerprint density at radius 3 is 2.70 bits per heavy atom. The molecule has 1 aliphatic heterocycles. The van der Waals surface area contributed by atoms with Gasteiger partial charge in [-0.15, -0.1) is 0 Å². The van der Waals surface area contributed by atoms with Crippen LogP contribution in [0.5, 0.6) is 0 Å². The Hall–Kier alpha value is -1.25. The van der Waals surface area contributed by atoms with E-state index in [1.165, 1.54) is 0 Å². The lowest BCUT2D eigenvalue weighted by molar-refractivity contribution is -0.139. The van der Waals surface area contributed by atoms with Gasteiger partial charge in [0.05, 0.1) is 6.61 Å². The first-order chi connectivity index (χ1) is 4.75. The van der Waals surface area contributed by atoms with E-state index in [0.717, 1.165) is 0 Å². The van der Waals surface area contributed by atoms with Crippen LogP contribution < -0.4 is 0 Å². The van der Waals surface area contributed by atoms with Gasteiger partial charge in [0.1, 0.15) is 5.70 Å². The van der Waals surface area contributed by atoms with Crippen molar-refractivity contribution >= 4 is 5.97 Å². The van der Waals surface area contributed by atoms with Gasteiger partial charge >= 0.3 is 5.97 Å². The molecule has 0 fully saturated rings. The van der Waals surface area contributed by atoms with Crippen molar-refractivity contribution in [1.82, 2.24) is 4.90 Å². The van der Waals surface area contributed by atoms with E-state index in [0.29, 0.717) is 12.3 Å². The third kappa shape index (κ3) is 1.37. The summed E-state index contributed by atoms with van der Waals surface area (Å²) in [6.07, 6.45) is 3.50. The van der Waals surface area contributed by atoms with Crippen molar-refractivity contribution in [3.8, 4) is 0 Å². The second-order valence-corrected chi connectivity index (χ2v) is 1.87. The highest BCUT2D eigenvalue weighted by Gasteiger charge is 2.17. The van der Waals surface area contributed by atoms with Gasteiger partial charge in [-0.25, -0.2) is 4.79 Å². The zero-order chi connectivity index (χ0) is 7.56. The minimum absolute atomic E-state index is 0.354. The lowest BCUT2D eigenvalue weighted by Gasteiger charge is -2.04. The number of hydrogen-bond acceptors (Lipinski definition) is 3. The molecule has 0 amide bonds. The van der Waals surface area contributed by atoms with Gasteiger partial charge in [0.25, 0.3) is 0 Å². The summed E-state index contributed by atoms with van der Waals surface area (Å²) >= 11 is 0. The topological polar surface area (TPSA) is 29.3 Å². The van der Waals surface area contributed by atoms with Gasteiger partial charge in [-0.2, -0.15) is 0 Å². The largest absolute Gasteiger partial charge is 0.461 e. The molecule has 0 bridgehead atoms. The summed E-state index contributed by atoms with van der Waals surface area (Å²) in [6, 6.07) is 0. The monoisotopic (exact) mass is 139 g/mol. The zero-order valence-corrected chi connectivity index (χ0v) is 5.83. The van der Waals surface area contributed by atoms with Gasteiger partial charge in [0.15, 0.2) is 0 Å². The van der Waals surface area contributed by atoms with Crippen LogP contribution in [0.2, 0.25) is 0 Å². The summed E-state index contributed by atoms with van der Waals surface area (Å²) in [5, 5.41) is 0. The van der Waals surface area contributed by atoms with E-state index in [9.17, 15) is 4.79 Å². The maximum absolute atomic E-state index is 10.8. The average Bonchev–Trinajstić information content (AvgIpc) is 2.68. The fourth-order valence-corrected chi connectivity index (χ4v) is 0.533. The Bertz CT molecular complexity index is 190. The number of rotatable bonds is 3. The predicted octanol–water partition coefficient (Wildman–Crippen LogP) is 0.850. The Kier molecular flexibility index (Phi) is 1.76. The molecule has 1 heterocycles. The molecule has 0 saturated heterocycles. The molecule has 0 aromatic rings. The lowest BCUT2D eigenvalue weighted by Crippen LogP contribution is -2.12. The van der Waals surface area contributed by atoms with E-state index < -0.39 is 0 Å². The van der Waals surface area contributed by atoms with E-state index >= 15 is 0 Å². The van der Waals surface area contributed by atoms with Crippen LogP contribution in [0.4, 0.5) is 0 Å². The standard InChI is InChI=1S/C7H9NO2/c1-3-10-7(9)6(2)8-4-5-8/h4-5H,2-3H2,1H3. The quantitative estimate of drug-likeness (QED) is 0.429. The highest BCUT2D eigenvalue weighted by Crippen LogP contribution is 2.15. The number of nitrogens with zero attached hydrogens (tertiary/aromatic N) is 1. The van der Waals surface area contributed by atoms with Crippen molar-refractivity contribution in [2.24, 2.45) is 0 Å². The molecule has 1 aliphatic rings. The van der Waals surface area contributed by atoms with E-state index in [1.54, 1.807) is 24.2 Å². The third-order valence-corrected chi connectivity index (χ3v) is 1.12. The lowest BCUT2D eigenvalue weighted by atomic mass is 10.5. The highest BCUT2D eigenvalue weighted by atomic mass is 16.5. The van der Waals surface area contributed by atoms with E-state index in [4.69, 9.17) is 0 Å². The molecule has 3 heteroatoms. The second kappa shape index (κ2) is 2.56. The molecule has 54 valence electrons. The van der Waals surface area contributed by atoms with Crippen LogP contribution in [0.1, 0.15) is 6.92 Å². The number of ether oxygens (including phenoxy) is 1. The average molecular weight is 139 g/mol. The molecule has 0 N–H and O–H groups in total. The maximum atomic E-state index is 10.8. The third-order valence-electron chi connectivity index (χ3n) is 1.12. The van der Waals surface area contributed by atoms with Crippen molar-refractivity contribution in [1.29, 1.82) is 0 Å². The highest BCUT2D eigenvalue weighted by molar-refractivity contribution is 5.88. The number of hydrogen-bond donors (Lipinski definition) is 0. The predicted molar refractivity (Wildman–Crippen MR) is 36.8 cm³/mol. The summed E-state index contributed by atoms with van der Waals surface area (Å²) < 4.78 is 4.68. The Balaban J connectivity index is 2.32. The molecule has 0 saturated carbocycles. The molecule has 3 nitrogen and oxygen atoms in total. The van der Waals surface area contributed by atoms with Crippen LogP contribution in [0.15, 0.2) is 24.7 Å². The molecule has 0 aliphatic carbocycles. The Morgan fingerprint density at radius 2 is 2.30 bits per heavy atom. The molecule has 10 heavy (non-hydrogen) atoms. The van der Waals surface area contributed by atoms with Crippen LogP contribution in [0.25, 0.3) is 0 Å². The van der Waals surface area contributed by atoms with Gasteiger partial charge in [-0.1, -0.05) is 6.58 Å². The Morgan fingerprint density at radius 1 is 1.70 bits per heavy atom. The first kappa shape index (κ1) is 6.86. The van der Waals surface area contributed by atoms with E-state index in [1.807, 2.05) is 0 Å². The van der Waals surface area contributed by atoms with Crippen molar-refractivity contribution in [3.63, 3.8) is 0 Å². The van der Waals surface area contributed by atoms with Crippen molar-refractivity contribution in [3.05, 3.63) is 24.7 Å². The van der Waals surface area contributed by atoms with Crippen LogP contribution in [-0.2, 0) is 9.53 Å². The summed E-state index contributed by atoms with van der Waals surface area (Å²) in [6.45, 7) is 5.68. The van der Waals surface area contributed by atoms with E-state index in [-0.39, 0.29) is 5.97 Å². The summed E-state index contributed by atoms with van der Waals surface area (Å²) in [5.41, 5.74) is 0.377. The smallest absolute Gasteiger partial charge is 0.354 e. The molecule has 0 unspecified atom stereocenters. The number of esters is 1. The first-order valence-corrected chi connectivity index (χ1v) is 3.08. The fourth-order valence-electron chi connectivity index (χ4n) is 0.533. The molecule has 1 rings (SSSR count). The minimum Gasteiger partial charge on any atom is -0.461 e. The van der Waals surface area contributed by atoms with Gasteiger partial charge in [0, 0.05) is 12.4 Å². The van der Waals surface area contributed by atoms with E-state index in [2.05, 4.69) is 11.3 Å². The van der Waals surface area contributed by atoms with Gasteiger partial charge in [-0.3, -0.25) is 0 Å². The minimum atomic E-state index is -0.354. The van der Waals surface area contributed by atoms with Crippen LogP contribution in [0.3, 0.4) is 0 Å². The molecular weight excluding hydrogens is 130 g/mol.